The highest BCUT2D eigenvalue weighted by Gasteiger charge is 2.50. The van der Waals surface area contributed by atoms with Crippen molar-refractivity contribution in [2.24, 2.45) is 0 Å². The summed E-state index contributed by atoms with van der Waals surface area (Å²) in [5, 5.41) is 0. The molecule has 18 heavy (non-hydrogen) atoms. The van der Waals surface area contributed by atoms with E-state index in [1.165, 1.54) is 12.0 Å². The van der Waals surface area contributed by atoms with Gasteiger partial charge in [-0.3, -0.25) is 0 Å². The van der Waals surface area contributed by atoms with Crippen LogP contribution < -0.4 is 0 Å². The monoisotopic (exact) mass is 242 g/mol. The van der Waals surface area contributed by atoms with Crippen molar-refractivity contribution in [3.63, 3.8) is 0 Å². The predicted molar refractivity (Wildman–Crippen MR) is 70.2 cm³/mol. The van der Waals surface area contributed by atoms with Gasteiger partial charge in [0, 0.05) is 17.9 Å². The van der Waals surface area contributed by atoms with Crippen molar-refractivity contribution in [1.29, 1.82) is 0 Å². The van der Waals surface area contributed by atoms with Gasteiger partial charge in [-0.15, -0.1) is 0 Å². The fourth-order valence-corrected chi connectivity index (χ4v) is 3.43. The highest BCUT2D eigenvalue weighted by Crippen LogP contribution is 2.50. The van der Waals surface area contributed by atoms with Crippen molar-refractivity contribution in [1.82, 2.24) is 0 Å². The van der Waals surface area contributed by atoms with E-state index in [2.05, 4.69) is 30.8 Å². The van der Waals surface area contributed by atoms with Crippen LogP contribution in [0.4, 0.5) is 0 Å². The maximum Gasteiger partial charge on any atom is 0.334 e. The van der Waals surface area contributed by atoms with Crippen LogP contribution >= 0.6 is 0 Å². The first-order chi connectivity index (χ1) is 8.71. The predicted octanol–water partition coefficient (Wildman–Crippen LogP) is 3.59. The van der Waals surface area contributed by atoms with Gasteiger partial charge in [0.05, 0.1) is 0 Å². The van der Waals surface area contributed by atoms with Crippen molar-refractivity contribution in [2.75, 3.05) is 0 Å². The molecule has 2 nitrogen and oxygen atoms in total. The number of hydrogen-bond acceptors (Lipinski definition) is 2. The van der Waals surface area contributed by atoms with Crippen LogP contribution in [-0.2, 0) is 9.53 Å². The lowest BCUT2D eigenvalue weighted by atomic mass is 9.70. The molecule has 1 aliphatic carbocycles. The van der Waals surface area contributed by atoms with Gasteiger partial charge in [-0.05, 0) is 24.8 Å². The maximum absolute atomic E-state index is 11.7. The second-order valence-corrected chi connectivity index (χ2v) is 5.44. The lowest BCUT2D eigenvalue weighted by molar-refractivity contribution is -0.150. The number of hydrogen-bond donors (Lipinski definition) is 0. The average molecular weight is 242 g/mol. The van der Waals surface area contributed by atoms with Crippen LogP contribution in [0.2, 0.25) is 0 Å². The Morgan fingerprint density at radius 3 is 2.67 bits per heavy atom. The summed E-state index contributed by atoms with van der Waals surface area (Å²) in [7, 11) is 0. The largest absolute Gasteiger partial charge is 0.455 e. The summed E-state index contributed by atoms with van der Waals surface area (Å²) < 4.78 is 5.73. The zero-order valence-corrected chi connectivity index (χ0v) is 10.5. The van der Waals surface area contributed by atoms with E-state index in [4.69, 9.17) is 4.74 Å². The van der Waals surface area contributed by atoms with Crippen molar-refractivity contribution in [2.45, 2.75) is 43.6 Å². The molecule has 3 rings (SSSR count). The van der Waals surface area contributed by atoms with Gasteiger partial charge >= 0.3 is 5.97 Å². The molecule has 1 aliphatic heterocycles. The summed E-state index contributed by atoms with van der Waals surface area (Å²) in [4.78, 5) is 11.7. The Hall–Kier alpha value is -1.57. The maximum atomic E-state index is 11.7. The molecular weight excluding hydrogens is 224 g/mol. The minimum absolute atomic E-state index is 0.196. The number of ether oxygens (including phenoxy) is 1. The van der Waals surface area contributed by atoms with Crippen LogP contribution in [0.15, 0.2) is 42.5 Å². The van der Waals surface area contributed by atoms with Crippen LogP contribution in [0.25, 0.3) is 0 Å². The second kappa shape index (κ2) is 4.27. The van der Waals surface area contributed by atoms with Gasteiger partial charge in [0.1, 0.15) is 5.60 Å². The molecule has 1 heterocycles. The minimum Gasteiger partial charge on any atom is -0.455 e. The van der Waals surface area contributed by atoms with Gasteiger partial charge in [0.25, 0.3) is 0 Å². The standard InChI is InChI=1S/C16H18O2/c1-12-11-16(18-15(12)17)10-6-5-9-14(16)13-7-3-2-4-8-13/h2-4,7-8,14H,1,5-6,9-11H2/t14-,16+/m1/s1. The van der Waals surface area contributed by atoms with Crippen LogP contribution in [0.1, 0.15) is 43.6 Å². The fraction of sp³-hybridized carbons (Fsp3) is 0.438. The Labute approximate surface area is 108 Å². The molecule has 0 unspecified atom stereocenters. The minimum atomic E-state index is -0.312. The highest BCUT2D eigenvalue weighted by molar-refractivity contribution is 5.90. The Kier molecular flexibility index (Phi) is 2.73. The van der Waals surface area contributed by atoms with E-state index in [9.17, 15) is 4.79 Å². The third-order valence-corrected chi connectivity index (χ3v) is 4.28. The second-order valence-electron chi connectivity index (χ2n) is 5.44. The topological polar surface area (TPSA) is 26.3 Å². The molecular formula is C16H18O2. The molecule has 1 aromatic rings. The van der Waals surface area contributed by atoms with Crippen molar-refractivity contribution in [3.05, 3.63) is 48.0 Å². The summed E-state index contributed by atoms with van der Waals surface area (Å²) in [6, 6.07) is 10.4. The van der Waals surface area contributed by atoms with E-state index in [1.54, 1.807) is 0 Å². The van der Waals surface area contributed by atoms with Gasteiger partial charge < -0.3 is 4.74 Å². The Bertz CT molecular complexity index is 459. The number of rotatable bonds is 1. The van der Waals surface area contributed by atoms with Gasteiger partial charge in [0.15, 0.2) is 0 Å². The molecule has 0 N–H and O–H groups in total. The van der Waals surface area contributed by atoms with E-state index in [0.29, 0.717) is 17.9 Å². The molecule has 2 fully saturated rings. The third-order valence-electron chi connectivity index (χ3n) is 4.28. The highest BCUT2D eigenvalue weighted by atomic mass is 16.6. The Morgan fingerprint density at radius 2 is 2.00 bits per heavy atom. The summed E-state index contributed by atoms with van der Waals surface area (Å²) in [5.74, 6) is 0.133. The SMILES string of the molecule is C=C1C[C@]2(CCCC[C@@H]2c2ccccc2)OC1=O. The van der Waals surface area contributed by atoms with Crippen LogP contribution in [0.3, 0.4) is 0 Å². The van der Waals surface area contributed by atoms with E-state index < -0.39 is 0 Å². The first-order valence-corrected chi connectivity index (χ1v) is 6.67. The molecule has 1 saturated carbocycles. The Balaban J connectivity index is 1.97. The van der Waals surface area contributed by atoms with Crippen LogP contribution in [0.5, 0.6) is 0 Å². The third kappa shape index (κ3) is 1.76. The fourth-order valence-electron chi connectivity index (χ4n) is 3.43. The van der Waals surface area contributed by atoms with E-state index >= 15 is 0 Å². The van der Waals surface area contributed by atoms with E-state index in [0.717, 1.165) is 19.3 Å². The van der Waals surface area contributed by atoms with E-state index in [1.807, 2.05) is 6.07 Å². The quantitative estimate of drug-likeness (QED) is 0.555. The van der Waals surface area contributed by atoms with Crippen molar-refractivity contribution < 1.29 is 9.53 Å². The van der Waals surface area contributed by atoms with Crippen LogP contribution in [-0.4, -0.2) is 11.6 Å². The van der Waals surface area contributed by atoms with Crippen molar-refractivity contribution in [3.8, 4) is 0 Å². The molecule has 0 radical (unpaired) electrons. The summed E-state index contributed by atoms with van der Waals surface area (Å²) in [5.41, 5.74) is 1.62. The first kappa shape index (κ1) is 11.5. The smallest absolute Gasteiger partial charge is 0.334 e. The number of esters is 1. The lowest BCUT2D eigenvalue weighted by Crippen LogP contribution is -2.38. The molecule has 94 valence electrons. The zero-order chi connectivity index (χ0) is 12.6. The normalized spacial score (nSPS) is 31.7. The molecule has 1 saturated heterocycles. The molecule has 0 amide bonds. The first-order valence-electron chi connectivity index (χ1n) is 6.67. The molecule has 0 aromatic heterocycles. The summed E-state index contributed by atoms with van der Waals surface area (Å²) in [6.45, 7) is 3.84. The van der Waals surface area contributed by atoms with Crippen LogP contribution in [0, 0.1) is 0 Å². The van der Waals surface area contributed by atoms with Gasteiger partial charge in [0.2, 0.25) is 0 Å². The van der Waals surface area contributed by atoms with E-state index in [-0.39, 0.29) is 11.6 Å². The average Bonchev–Trinajstić information content (AvgIpc) is 2.66. The van der Waals surface area contributed by atoms with Gasteiger partial charge in [-0.1, -0.05) is 43.3 Å². The van der Waals surface area contributed by atoms with Gasteiger partial charge in [-0.25, -0.2) is 4.79 Å². The molecule has 1 spiro atoms. The number of carbonyl (C=O) groups is 1. The molecule has 2 atom stereocenters. The van der Waals surface area contributed by atoms with Crippen molar-refractivity contribution >= 4 is 5.97 Å². The Morgan fingerprint density at radius 1 is 1.22 bits per heavy atom. The number of carbonyl (C=O) groups excluding carboxylic acids is 1. The number of benzene rings is 1. The molecule has 1 aromatic carbocycles. The summed E-state index contributed by atoms with van der Waals surface area (Å²) in [6.07, 6.45) is 5.13. The summed E-state index contributed by atoms with van der Waals surface area (Å²) >= 11 is 0. The van der Waals surface area contributed by atoms with Gasteiger partial charge in [-0.2, -0.15) is 0 Å². The zero-order valence-electron chi connectivity index (χ0n) is 10.5. The molecule has 2 aliphatic rings. The lowest BCUT2D eigenvalue weighted by Gasteiger charge is -2.40. The molecule has 2 heteroatoms. The molecule has 0 bridgehead atoms.